The van der Waals surface area contributed by atoms with Crippen molar-refractivity contribution in [3.05, 3.63) is 0 Å². The van der Waals surface area contributed by atoms with Gasteiger partial charge in [-0.3, -0.25) is 9.59 Å². The second-order valence-electron chi connectivity index (χ2n) is 4.31. The molecule has 5 atom stereocenters. The molecule has 0 aromatic carbocycles. The van der Waals surface area contributed by atoms with Gasteiger partial charge in [-0.25, -0.2) is 0 Å². The molecule has 0 amide bonds. The molecule has 88 valence electrons. The Morgan fingerprint density at radius 3 is 3.06 bits per heavy atom. The average Bonchev–Trinajstić information content (AvgIpc) is 2.82. The first-order valence-corrected chi connectivity index (χ1v) is 6.00. The highest BCUT2D eigenvalue weighted by molar-refractivity contribution is 7.80. The van der Waals surface area contributed by atoms with E-state index < -0.39 is 6.10 Å². The Labute approximate surface area is 97.8 Å². The van der Waals surface area contributed by atoms with E-state index in [9.17, 15) is 9.59 Å². The maximum Gasteiger partial charge on any atom is 0.312 e. The highest BCUT2D eigenvalue weighted by atomic mass is 32.1. The van der Waals surface area contributed by atoms with Gasteiger partial charge in [-0.2, -0.15) is 12.6 Å². The molecule has 0 aromatic heterocycles. The van der Waals surface area contributed by atoms with Crippen molar-refractivity contribution >= 4 is 24.6 Å². The summed E-state index contributed by atoms with van der Waals surface area (Å²) in [6.07, 6.45) is -0.304. The van der Waals surface area contributed by atoms with Crippen LogP contribution < -0.4 is 0 Å². The lowest BCUT2D eigenvalue weighted by Crippen LogP contribution is -2.40. The molecule has 0 spiro atoms. The van der Waals surface area contributed by atoms with Gasteiger partial charge in [-0.1, -0.05) is 0 Å². The van der Waals surface area contributed by atoms with Gasteiger partial charge in [0.05, 0.1) is 18.4 Å². The molecule has 0 saturated carbocycles. The number of thiol groups is 1. The lowest BCUT2D eigenvalue weighted by molar-refractivity contribution is -0.160. The zero-order valence-corrected chi connectivity index (χ0v) is 9.39. The predicted octanol–water partition coefficient (Wildman–Crippen LogP) is -0.0692. The number of carbonyl (C=O) groups is 2. The summed E-state index contributed by atoms with van der Waals surface area (Å²) < 4.78 is 16.0. The summed E-state index contributed by atoms with van der Waals surface area (Å²) in [5.41, 5.74) is 0. The normalized spacial score (nSPS) is 43.6. The van der Waals surface area contributed by atoms with Crippen molar-refractivity contribution in [1.82, 2.24) is 0 Å². The second kappa shape index (κ2) is 3.63. The summed E-state index contributed by atoms with van der Waals surface area (Å²) in [6, 6.07) is 0. The molecule has 3 rings (SSSR count). The summed E-state index contributed by atoms with van der Waals surface area (Å²) in [7, 11) is 0. The van der Waals surface area contributed by atoms with Crippen LogP contribution in [0.2, 0.25) is 0 Å². The molecular formula is C10H12O5S. The second-order valence-corrected chi connectivity index (χ2v) is 4.76. The van der Waals surface area contributed by atoms with E-state index in [2.05, 4.69) is 12.6 Å². The highest BCUT2D eigenvalue weighted by Gasteiger charge is 2.64. The molecule has 3 aliphatic rings. The highest BCUT2D eigenvalue weighted by Crippen LogP contribution is 2.47. The van der Waals surface area contributed by atoms with E-state index in [1.807, 2.05) is 0 Å². The Balaban J connectivity index is 1.70. The molecule has 0 N–H and O–H groups in total. The third kappa shape index (κ3) is 1.36. The predicted molar refractivity (Wildman–Crippen MR) is 55.0 cm³/mol. The topological polar surface area (TPSA) is 61.8 Å². The minimum absolute atomic E-state index is 0.144. The molecule has 3 saturated heterocycles. The third-order valence-electron chi connectivity index (χ3n) is 3.37. The van der Waals surface area contributed by atoms with Gasteiger partial charge in [0.1, 0.15) is 6.10 Å². The summed E-state index contributed by atoms with van der Waals surface area (Å²) in [5.74, 6) is -0.219. The van der Waals surface area contributed by atoms with Crippen LogP contribution in [-0.2, 0) is 23.8 Å². The molecule has 3 aliphatic heterocycles. The van der Waals surface area contributed by atoms with Crippen LogP contribution in [0.1, 0.15) is 12.8 Å². The number of hydrogen-bond acceptors (Lipinski definition) is 6. The molecule has 0 radical (unpaired) electrons. The number of ether oxygens (including phenoxy) is 3. The first kappa shape index (κ1) is 10.4. The molecule has 2 bridgehead atoms. The van der Waals surface area contributed by atoms with Crippen LogP contribution in [0.25, 0.3) is 0 Å². The Morgan fingerprint density at radius 1 is 1.50 bits per heavy atom. The number of fused-ring (bicyclic) bond motifs is 1. The van der Waals surface area contributed by atoms with Crippen molar-refractivity contribution in [3.8, 4) is 0 Å². The Kier molecular flexibility index (Phi) is 2.36. The van der Waals surface area contributed by atoms with Crippen molar-refractivity contribution in [1.29, 1.82) is 0 Å². The molecule has 3 heterocycles. The van der Waals surface area contributed by atoms with Gasteiger partial charge >= 0.3 is 11.9 Å². The van der Waals surface area contributed by atoms with Gasteiger partial charge in [0.15, 0.2) is 12.2 Å². The standard InChI is InChI=1S/C10H12O5S/c11-6(1-2-16)14-8-5-3-4-7(13-5)9(8)15-10(4)12/h4-5,7-9,16H,1-3H2. The van der Waals surface area contributed by atoms with Crippen LogP contribution >= 0.6 is 12.6 Å². The molecule has 5 unspecified atom stereocenters. The monoisotopic (exact) mass is 244 g/mol. The Morgan fingerprint density at radius 2 is 2.31 bits per heavy atom. The molecule has 3 fully saturated rings. The SMILES string of the molecule is O=C(CCS)OC1C2CC3C(=O)OC1C3O2. The first-order valence-electron chi connectivity index (χ1n) is 5.37. The Hall–Kier alpha value is -0.750. The number of carbonyl (C=O) groups excluding carboxylic acids is 2. The van der Waals surface area contributed by atoms with E-state index in [0.717, 1.165) is 0 Å². The molecule has 6 heteroatoms. The quantitative estimate of drug-likeness (QED) is 0.556. The van der Waals surface area contributed by atoms with Gasteiger partial charge in [-0.05, 0) is 6.42 Å². The summed E-state index contributed by atoms with van der Waals surface area (Å²) in [5, 5.41) is 0. The zero-order valence-electron chi connectivity index (χ0n) is 8.50. The fourth-order valence-corrected chi connectivity index (χ4v) is 2.87. The van der Waals surface area contributed by atoms with Crippen LogP contribution in [-0.4, -0.2) is 42.1 Å². The van der Waals surface area contributed by atoms with Gasteiger partial charge in [0, 0.05) is 5.75 Å². The largest absolute Gasteiger partial charge is 0.455 e. The van der Waals surface area contributed by atoms with Crippen LogP contribution in [0.4, 0.5) is 0 Å². The van der Waals surface area contributed by atoms with Crippen molar-refractivity contribution in [2.24, 2.45) is 5.92 Å². The summed E-state index contributed by atoms with van der Waals surface area (Å²) in [4.78, 5) is 22.8. The van der Waals surface area contributed by atoms with Crippen LogP contribution in [0.15, 0.2) is 0 Å². The van der Waals surface area contributed by atoms with Crippen LogP contribution in [0.5, 0.6) is 0 Å². The van der Waals surface area contributed by atoms with Crippen molar-refractivity contribution in [3.63, 3.8) is 0 Å². The first-order chi connectivity index (χ1) is 7.70. The van der Waals surface area contributed by atoms with E-state index in [4.69, 9.17) is 14.2 Å². The van der Waals surface area contributed by atoms with Gasteiger partial charge in [0.2, 0.25) is 0 Å². The Bertz CT molecular complexity index is 344. The maximum atomic E-state index is 11.4. The molecular weight excluding hydrogens is 232 g/mol. The van der Waals surface area contributed by atoms with E-state index in [0.29, 0.717) is 12.2 Å². The van der Waals surface area contributed by atoms with E-state index in [1.165, 1.54) is 0 Å². The van der Waals surface area contributed by atoms with E-state index in [-0.39, 0.29) is 42.6 Å². The zero-order chi connectivity index (χ0) is 11.3. The van der Waals surface area contributed by atoms with Crippen LogP contribution in [0.3, 0.4) is 0 Å². The molecule has 5 nitrogen and oxygen atoms in total. The summed E-state index contributed by atoms with van der Waals surface area (Å²) >= 11 is 3.96. The lowest BCUT2D eigenvalue weighted by Gasteiger charge is -2.22. The van der Waals surface area contributed by atoms with E-state index in [1.54, 1.807) is 0 Å². The molecule has 0 aromatic rings. The van der Waals surface area contributed by atoms with Crippen molar-refractivity contribution < 1.29 is 23.8 Å². The maximum absolute atomic E-state index is 11.4. The van der Waals surface area contributed by atoms with E-state index >= 15 is 0 Å². The minimum atomic E-state index is -0.417. The van der Waals surface area contributed by atoms with Gasteiger partial charge in [-0.15, -0.1) is 0 Å². The lowest BCUT2D eigenvalue weighted by atomic mass is 9.88. The van der Waals surface area contributed by atoms with Crippen LogP contribution in [0, 0.1) is 5.92 Å². The van der Waals surface area contributed by atoms with Crippen molar-refractivity contribution in [2.75, 3.05) is 5.75 Å². The fourth-order valence-electron chi connectivity index (χ4n) is 2.68. The smallest absolute Gasteiger partial charge is 0.312 e. The number of hydrogen-bond donors (Lipinski definition) is 1. The molecule has 0 aliphatic carbocycles. The van der Waals surface area contributed by atoms with Crippen molar-refractivity contribution in [2.45, 2.75) is 37.3 Å². The summed E-state index contributed by atoms with van der Waals surface area (Å²) in [6.45, 7) is 0. The van der Waals surface area contributed by atoms with Gasteiger partial charge in [0.25, 0.3) is 0 Å². The van der Waals surface area contributed by atoms with Gasteiger partial charge < -0.3 is 14.2 Å². The third-order valence-corrected chi connectivity index (χ3v) is 3.59. The minimum Gasteiger partial charge on any atom is -0.455 e. The number of rotatable bonds is 3. The average molecular weight is 244 g/mol. The fraction of sp³-hybridized carbons (Fsp3) is 0.800. The molecule has 16 heavy (non-hydrogen) atoms. The number of esters is 2.